The van der Waals surface area contributed by atoms with Crippen molar-refractivity contribution in [3.63, 3.8) is 0 Å². The molecule has 0 radical (unpaired) electrons. The summed E-state index contributed by atoms with van der Waals surface area (Å²) in [5.74, 6) is 0. The van der Waals surface area contributed by atoms with Crippen LogP contribution in [0.25, 0.3) is 16.6 Å². The molecule has 0 aliphatic heterocycles. The number of aryl methyl sites for hydroxylation is 2. The molecule has 80 valence electrons. The van der Waals surface area contributed by atoms with Crippen molar-refractivity contribution in [3.05, 3.63) is 46.2 Å². The molecule has 16 heavy (non-hydrogen) atoms. The number of fused-ring (bicyclic) bond motifs is 3. The van der Waals surface area contributed by atoms with Crippen LogP contribution >= 0.6 is 15.9 Å². The van der Waals surface area contributed by atoms with E-state index in [9.17, 15) is 0 Å². The van der Waals surface area contributed by atoms with Crippen molar-refractivity contribution in [1.29, 1.82) is 0 Å². The number of halogens is 1. The summed E-state index contributed by atoms with van der Waals surface area (Å²) in [5, 5.41) is 1.29. The SMILES string of the molecule is Cc1cc2nc(Br)cn2c2c(C)cccc12. The molecule has 1 aromatic carbocycles. The molecule has 2 heterocycles. The molecular formula is C13H11BrN2. The number of hydrogen-bond acceptors (Lipinski definition) is 1. The van der Waals surface area contributed by atoms with Gasteiger partial charge in [-0.3, -0.25) is 4.40 Å². The van der Waals surface area contributed by atoms with Gasteiger partial charge in [0.25, 0.3) is 0 Å². The normalized spacial score (nSPS) is 11.4. The van der Waals surface area contributed by atoms with Gasteiger partial charge in [0, 0.05) is 11.6 Å². The third-order valence-corrected chi connectivity index (χ3v) is 3.33. The zero-order chi connectivity index (χ0) is 11.3. The van der Waals surface area contributed by atoms with Crippen molar-refractivity contribution >= 4 is 32.5 Å². The van der Waals surface area contributed by atoms with Gasteiger partial charge in [-0.2, -0.15) is 0 Å². The molecule has 2 aromatic heterocycles. The van der Waals surface area contributed by atoms with Gasteiger partial charge in [-0.05, 0) is 47.0 Å². The first-order valence-electron chi connectivity index (χ1n) is 5.20. The molecule has 0 aliphatic carbocycles. The minimum atomic E-state index is 0.877. The predicted molar refractivity (Wildman–Crippen MR) is 69.9 cm³/mol. The van der Waals surface area contributed by atoms with E-state index in [1.807, 2.05) is 6.20 Å². The number of pyridine rings is 1. The highest BCUT2D eigenvalue weighted by Crippen LogP contribution is 2.25. The number of aromatic nitrogens is 2. The minimum Gasteiger partial charge on any atom is -0.298 e. The molecule has 0 aliphatic rings. The summed E-state index contributed by atoms with van der Waals surface area (Å²) in [7, 11) is 0. The van der Waals surface area contributed by atoms with Crippen molar-refractivity contribution in [3.8, 4) is 0 Å². The third-order valence-electron chi connectivity index (χ3n) is 2.95. The van der Waals surface area contributed by atoms with Crippen LogP contribution in [0.5, 0.6) is 0 Å². The summed E-state index contributed by atoms with van der Waals surface area (Å²) in [6.45, 7) is 4.26. The molecule has 0 bridgehead atoms. The van der Waals surface area contributed by atoms with Gasteiger partial charge in [-0.1, -0.05) is 18.2 Å². The number of hydrogen-bond donors (Lipinski definition) is 0. The number of imidazole rings is 1. The lowest BCUT2D eigenvalue weighted by Gasteiger charge is -2.07. The molecule has 0 unspecified atom stereocenters. The standard InChI is InChI=1S/C13H11BrN2/c1-8-4-3-5-10-9(2)6-12-15-11(14)7-16(12)13(8)10/h3-7H,1-2H3. The zero-order valence-corrected chi connectivity index (χ0v) is 10.7. The maximum Gasteiger partial charge on any atom is 0.138 e. The van der Waals surface area contributed by atoms with E-state index in [1.54, 1.807) is 0 Å². The van der Waals surface area contributed by atoms with Crippen molar-refractivity contribution in [2.45, 2.75) is 13.8 Å². The lowest BCUT2D eigenvalue weighted by atomic mass is 10.1. The van der Waals surface area contributed by atoms with Gasteiger partial charge < -0.3 is 0 Å². The van der Waals surface area contributed by atoms with E-state index in [1.165, 1.54) is 22.0 Å². The summed E-state index contributed by atoms with van der Waals surface area (Å²) in [6, 6.07) is 8.51. The van der Waals surface area contributed by atoms with E-state index in [-0.39, 0.29) is 0 Å². The highest BCUT2D eigenvalue weighted by molar-refractivity contribution is 9.10. The van der Waals surface area contributed by atoms with Gasteiger partial charge in [0.15, 0.2) is 0 Å². The molecule has 0 saturated heterocycles. The zero-order valence-electron chi connectivity index (χ0n) is 9.16. The van der Waals surface area contributed by atoms with Crippen LogP contribution in [0, 0.1) is 13.8 Å². The van der Waals surface area contributed by atoms with E-state index in [0.717, 1.165) is 10.3 Å². The Morgan fingerprint density at radius 3 is 2.81 bits per heavy atom. The average Bonchev–Trinajstić information content (AvgIpc) is 2.59. The Morgan fingerprint density at radius 1 is 1.19 bits per heavy atom. The van der Waals surface area contributed by atoms with Gasteiger partial charge >= 0.3 is 0 Å². The van der Waals surface area contributed by atoms with Crippen LogP contribution in [0.4, 0.5) is 0 Å². The number of para-hydroxylation sites is 1. The van der Waals surface area contributed by atoms with Crippen LogP contribution in [0.15, 0.2) is 35.1 Å². The van der Waals surface area contributed by atoms with Gasteiger partial charge in [0.05, 0.1) is 5.52 Å². The van der Waals surface area contributed by atoms with Gasteiger partial charge in [0.1, 0.15) is 10.3 Å². The Balaban J connectivity index is 2.66. The lowest BCUT2D eigenvalue weighted by Crippen LogP contribution is -1.92. The highest BCUT2D eigenvalue weighted by atomic mass is 79.9. The Bertz CT molecular complexity index is 698. The number of rotatable bonds is 0. The molecule has 0 amide bonds. The van der Waals surface area contributed by atoms with E-state index in [0.29, 0.717) is 0 Å². The Kier molecular flexibility index (Phi) is 2.04. The summed E-state index contributed by atoms with van der Waals surface area (Å²) < 4.78 is 3.02. The topological polar surface area (TPSA) is 17.3 Å². The number of benzene rings is 1. The monoisotopic (exact) mass is 274 g/mol. The highest BCUT2D eigenvalue weighted by Gasteiger charge is 2.07. The Labute approximate surface area is 102 Å². The summed E-state index contributed by atoms with van der Waals surface area (Å²) in [6.07, 6.45) is 2.02. The van der Waals surface area contributed by atoms with Crippen LogP contribution < -0.4 is 0 Å². The largest absolute Gasteiger partial charge is 0.298 e. The first-order valence-corrected chi connectivity index (χ1v) is 5.99. The fraction of sp³-hybridized carbons (Fsp3) is 0.154. The molecule has 0 atom stereocenters. The molecule has 3 rings (SSSR count). The van der Waals surface area contributed by atoms with Crippen molar-refractivity contribution in [2.24, 2.45) is 0 Å². The van der Waals surface area contributed by atoms with Crippen molar-refractivity contribution in [1.82, 2.24) is 9.38 Å². The van der Waals surface area contributed by atoms with E-state index in [4.69, 9.17) is 0 Å². The first-order chi connectivity index (χ1) is 7.66. The third kappa shape index (κ3) is 1.28. The second-order valence-electron chi connectivity index (χ2n) is 4.09. The maximum atomic E-state index is 4.44. The van der Waals surface area contributed by atoms with Crippen molar-refractivity contribution in [2.75, 3.05) is 0 Å². The van der Waals surface area contributed by atoms with Crippen molar-refractivity contribution < 1.29 is 0 Å². The van der Waals surface area contributed by atoms with Crippen LogP contribution in [0.3, 0.4) is 0 Å². The fourth-order valence-corrected chi connectivity index (χ4v) is 2.60. The average molecular weight is 275 g/mol. The Hall–Kier alpha value is -1.35. The fourth-order valence-electron chi connectivity index (χ4n) is 2.21. The smallest absolute Gasteiger partial charge is 0.138 e. The number of nitrogens with zero attached hydrogens (tertiary/aromatic N) is 2. The molecule has 2 nitrogen and oxygen atoms in total. The van der Waals surface area contributed by atoms with Gasteiger partial charge in [0.2, 0.25) is 0 Å². The lowest BCUT2D eigenvalue weighted by molar-refractivity contribution is 1.22. The van der Waals surface area contributed by atoms with Crippen LogP contribution in [-0.2, 0) is 0 Å². The van der Waals surface area contributed by atoms with Gasteiger partial charge in [-0.25, -0.2) is 4.98 Å². The quantitative estimate of drug-likeness (QED) is 0.608. The molecule has 3 heteroatoms. The van der Waals surface area contributed by atoms with Crippen LogP contribution in [-0.4, -0.2) is 9.38 Å². The molecule has 0 spiro atoms. The maximum absolute atomic E-state index is 4.44. The molecule has 0 fully saturated rings. The summed E-state index contributed by atoms with van der Waals surface area (Å²) in [4.78, 5) is 4.44. The molecule has 3 aromatic rings. The van der Waals surface area contributed by atoms with Gasteiger partial charge in [-0.15, -0.1) is 0 Å². The second-order valence-corrected chi connectivity index (χ2v) is 4.90. The predicted octanol–water partition coefficient (Wildman–Crippen LogP) is 3.87. The molecule has 0 N–H and O–H groups in total. The summed E-state index contributed by atoms with van der Waals surface area (Å²) >= 11 is 3.43. The van der Waals surface area contributed by atoms with E-state index in [2.05, 4.69) is 63.4 Å². The first kappa shape index (κ1) is 9.85. The Morgan fingerprint density at radius 2 is 2.00 bits per heavy atom. The van der Waals surface area contributed by atoms with Crippen LogP contribution in [0.2, 0.25) is 0 Å². The van der Waals surface area contributed by atoms with E-state index >= 15 is 0 Å². The summed E-state index contributed by atoms with van der Waals surface area (Å²) in [5.41, 5.74) is 4.78. The second kappa shape index (κ2) is 3.32. The van der Waals surface area contributed by atoms with Crippen LogP contribution in [0.1, 0.15) is 11.1 Å². The molecule has 0 saturated carbocycles. The molecular weight excluding hydrogens is 264 g/mol. The van der Waals surface area contributed by atoms with E-state index < -0.39 is 0 Å². The minimum absolute atomic E-state index is 0.877.